The van der Waals surface area contributed by atoms with Gasteiger partial charge in [-0.2, -0.15) is 0 Å². The predicted octanol–water partition coefficient (Wildman–Crippen LogP) is 1.45. The zero-order valence-electron chi connectivity index (χ0n) is 9.43. The van der Waals surface area contributed by atoms with Crippen molar-refractivity contribution in [3.05, 3.63) is 12.7 Å². The van der Waals surface area contributed by atoms with Crippen LogP contribution in [0.5, 0.6) is 0 Å². The summed E-state index contributed by atoms with van der Waals surface area (Å²) in [5.74, 6) is -0.578. The Hall–Kier alpha value is -0.420. The van der Waals surface area contributed by atoms with Crippen LogP contribution in [0.4, 0.5) is 0 Å². The SMILES string of the molecule is C=CCC1O[C@@H]2OC(C)(C)O[C@@H]2[C@H]1OC. The molecule has 1 unspecified atom stereocenters. The molecule has 0 aliphatic carbocycles. The number of rotatable bonds is 3. The van der Waals surface area contributed by atoms with E-state index >= 15 is 0 Å². The maximum Gasteiger partial charge on any atom is 0.190 e. The van der Waals surface area contributed by atoms with Crippen LogP contribution < -0.4 is 0 Å². The summed E-state index contributed by atoms with van der Waals surface area (Å²) < 4.78 is 22.5. The van der Waals surface area contributed by atoms with E-state index in [1.807, 2.05) is 19.9 Å². The minimum absolute atomic E-state index is 0.0152. The predicted molar refractivity (Wildman–Crippen MR) is 54.3 cm³/mol. The van der Waals surface area contributed by atoms with Crippen molar-refractivity contribution in [2.24, 2.45) is 0 Å². The van der Waals surface area contributed by atoms with E-state index in [1.54, 1.807) is 7.11 Å². The topological polar surface area (TPSA) is 36.9 Å². The zero-order chi connectivity index (χ0) is 11.1. The van der Waals surface area contributed by atoms with Gasteiger partial charge >= 0.3 is 0 Å². The molecule has 2 saturated heterocycles. The highest BCUT2D eigenvalue weighted by molar-refractivity contribution is 4.96. The lowest BCUT2D eigenvalue weighted by atomic mass is 10.1. The molecule has 0 amide bonds. The molecule has 86 valence electrons. The molecule has 2 aliphatic rings. The maximum atomic E-state index is 5.75. The van der Waals surface area contributed by atoms with E-state index in [-0.39, 0.29) is 24.6 Å². The Kier molecular flexibility index (Phi) is 2.85. The Labute approximate surface area is 90.1 Å². The Morgan fingerprint density at radius 1 is 1.40 bits per heavy atom. The number of ether oxygens (including phenoxy) is 4. The van der Waals surface area contributed by atoms with Crippen molar-refractivity contribution in [1.82, 2.24) is 0 Å². The third-order valence-corrected chi connectivity index (χ3v) is 2.76. The Balaban J connectivity index is 2.07. The standard InChI is InChI=1S/C11H18O4/c1-5-6-7-8(12-4)9-10(13-7)15-11(2,3)14-9/h5,7-10H,1,6H2,2-4H3/t7?,8-,9+,10+/m0/s1. The summed E-state index contributed by atoms with van der Waals surface area (Å²) in [7, 11) is 1.67. The monoisotopic (exact) mass is 214 g/mol. The van der Waals surface area contributed by atoms with Gasteiger partial charge in [-0.15, -0.1) is 6.58 Å². The molecule has 2 heterocycles. The van der Waals surface area contributed by atoms with Crippen molar-refractivity contribution in [3.8, 4) is 0 Å². The molecule has 4 atom stereocenters. The van der Waals surface area contributed by atoms with E-state index in [0.717, 1.165) is 6.42 Å². The second-order valence-corrected chi connectivity index (χ2v) is 4.37. The van der Waals surface area contributed by atoms with Gasteiger partial charge in [0.05, 0.1) is 6.10 Å². The second-order valence-electron chi connectivity index (χ2n) is 4.37. The van der Waals surface area contributed by atoms with Gasteiger partial charge < -0.3 is 18.9 Å². The van der Waals surface area contributed by atoms with Crippen molar-refractivity contribution < 1.29 is 18.9 Å². The van der Waals surface area contributed by atoms with E-state index < -0.39 is 5.79 Å². The van der Waals surface area contributed by atoms with Crippen molar-refractivity contribution in [1.29, 1.82) is 0 Å². The molecule has 15 heavy (non-hydrogen) atoms. The molecule has 0 radical (unpaired) electrons. The van der Waals surface area contributed by atoms with Crippen molar-refractivity contribution in [2.75, 3.05) is 7.11 Å². The molecule has 0 aromatic heterocycles. The van der Waals surface area contributed by atoms with E-state index in [0.29, 0.717) is 0 Å². The number of hydrogen-bond donors (Lipinski definition) is 0. The van der Waals surface area contributed by atoms with Gasteiger partial charge in [-0.1, -0.05) is 6.08 Å². The zero-order valence-corrected chi connectivity index (χ0v) is 9.43. The van der Waals surface area contributed by atoms with E-state index in [2.05, 4.69) is 6.58 Å². The Morgan fingerprint density at radius 2 is 2.13 bits per heavy atom. The summed E-state index contributed by atoms with van der Waals surface area (Å²) in [6.45, 7) is 7.46. The van der Waals surface area contributed by atoms with E-state index in [4.69, 9.17) is 18.9 Å². The van der Waals surface area contributed by atoms with Crippen molar-refractivity contribution >= 4 is 0 Å². The van der Waals surface area contributed by atoms with Crippen LogP contribution in [-0.2, 0) is 18.9 Å². The lowest BCUT2D eigenvalue weighted by molar-refractivity contribution is -0.215. The van der Waals surface area contributed by atoms with Crippen molar-refractivity contribution in [3.63, 3.8) is 0 Å². The Morgan fingerprint density at radius 3 is 2.73 bits per heavy atom. The molecule has 2 aliphatic heterocycles. The van der Waals surface area contributed by atoms with Crippen LogP contribution in [0, 0.1) is 0 Å². The minimum atomic E-state index is -0.578. The molecule has 4 heteroatoms. The van der Waals surface area contributed by atoms with Crippen LogP contribution in [0.3, 0.4) is 0 Å². The van der Waals surface area contributed by atoms with E-state index in [9.17, 15) is 0 Å². The molecule has 4 nitrogen and oxygen atoms in total. The van der Waals surface area contributed by atoms with Crippen LogP contribution in [0.1, 0.15) is 20.3 Å². The van der Waals surface area contributed by atoms with Gasteiger partial charge in [-0.25, -0.2) is 0 Å². The smallest absolute Gasteiger partial charge is 0.190 e. The van der Waals surface area contributed by atoms with Crippen LogP contribution in [0.2, 0.25) is 0 Å². The Bertz CT molecular complexity index is 251. The van der Waals surface area contributed by atoms with Gasteiger partial charge in [0.1, 0.15) is 12.2 Å². The van der Waals surface area contributed by atoms with Gasteiger partial charge in [-0.05, 0) is 20.3 Å². The lowest BCUT2D eigenvalue weighted by Gasteiger charge is -2.24. The fourth-order valence-electron chi connectivity index (χ4n) is 2.19. The van der Waals surface area contributed by atoms with E-state index in [1.165, 1.54) is 0 Å². The van der Waals surface area contributed by atoms with Crippen LogP contribution in [0.25, 0.3) is 0 Å². The first kappa shape index (κ1) is 11.1. The lowest BCUT2D eigenvalue weighted by Crippen LogP contribution is -2.35. The fraction of sp³-hybridized carbons (Fsp3) is 0.818. The minimum Gasteiger partial charge on any atom is -0.376 e. The molecule has 0 aromatic rings. The molecule has 2 rings (SSSR count). The molecule has 2 fully saturated rings. The molecule has 0 bridgehead atoms. The van der Waals surface area contributed by atoms with Gasteiger partial charge in [0.15, 0.2) is 12.1 Å². The molecule has 0 spiro atoms. The van der Waals surface area contributed by atoms with Crippen LogP contribution >= 0.6 is 0 Å². The molecule has 0 N–H and O–H groups in total. The van der Waals surface area contributed by atoms with Crippen molar-refractivity contribution in [2.45, 2.75) is 50.7 Å². The largest absolute Gasteiger partial charge is 0.376 e. The third-order valence-electron chi connectivity index (χ3n) is 2.76. The summed E-state index contributed by atoms with van der Waals surface area (Å²) in [6.07, 6.45) is 2.04. The fourth-order valence-corrected chi connectivity index (χ4v) is 2.19. The van der Waals surface area contributed by atoms with Crippen LogP contribution in [-0.4, -0.2) is 37.5 Å². The van der Waals surface area contributed by atoms with Gasteiger partial charge in [0, 0.05) is 7.11 Å². The maximum absolute atomic E-state index is 5.75. The second kappa shape index (κ2) is 3.87. The summed E-state index contributed by atoms with van der Waals surface area (Å²) in [5.41, 5.74) is 0. The average molecular weight is 214 g/mol. The number of fused-ring (bicyclic) bond motifs is 1. The first-order valence-electron chi connectivity index (χ1n) is 5.22. The highest BCUT2D eigenvalue weighted by Crippen LogP contribution is 2.39. The van der Waals surface area contributed by atoms with Gasteiger partial charge in [-0.3, -0.25) is 0 Å². The highest BCUT2D eigenvalue weighted by Gasteiger charge is 2.54. The first-order valence-corrected chi connectivity index (χ1v) is 5.22. The average Bonchev–Trinajstić information content (AvgIpc) is 2.56. The normalized spacial score (nSPS) is 42.9. The first-order chi connectivity index (χ1) is 7.07. The molecule has 0 saturated carbocycles. The van der Waals surface area contributed by atoms with Crippen LogP contribution in [0.15, 0.2) is 12.7 Å². The highest BCUT2D eigenvalue weighted by atomic mass is 16.8. The number of methoxy groups -OCH3 is 1. The van der Waals surface area contributed by atoms with Gasteiger partial charge in [0.25, 0.3) is 0 Å². The summed E-state index contributed by atoms with van der Waals surface area (Å²) in [5, 5.41) is 0. The molecular formula is C11H18O4. The number of hydrogen-bond acceptors (Lipinski definition) is 4. The quantitative estimate of drug-likeness (QED) is 0.666. The molecular weight excluding hydrogens is 196 g/mol. The third kappa shape index (κ3) is 1.95. The molecule has 0 aromatic carbocycles. The summed E-state index contributed by atoms with van der Waals surface area (Å²) in [4.78, 5) is 0. The van der Waals surface area contributed by atoms with Gasteiger partial charge in [0.2, 0.25) is 0 Å². The summed E-state index contributed by atoms with van der Waals surface area (Å²) >= 11 is 0. The summed E-state index contributed by atoms with van der Waals surface area (Å²) in [6, 6.07) is 0.